The first-order chi connectivity index (χ1) is 26.4. The molecule has 3 aliphatic carbocycles. The molecule has 0 unspecified atom stereocenters. The zero-order valence-electron chi connectivity index (χ0n) is 43.6. The van der Waals surface area contributed by atoms with Crippen molar-refractivity contribution in [2.75, 3.05) is 59.6 Å². The van der Waals surface area contributed by atoms with E-state index in [9.17, 15) is 0 Å². The van der Waals surface area contributed by atoms with Crippen LogP contribution in [0.15, 0.2) is 0 Å². The van der Waals surface area contributed by atoms with Crippen molar-refractivity contribution in [1.82, 2.24) is 9.80 Å². The van der Waals surface area contributed by atoms with Gasteiger partial charge in [-0.3, -0.25) is 0 Å². The Morgan fingerprint density at radius 2 is 0.948 bits per heavy atom. The highest BCUT2D eigenvalue weighted by Gasteiger charge is 2.33. The number of likely N-dealkylation sites (tertiary alicyclic amines) is 2. The molecule has 58 heavy (non-hydrogen) atoms. The lowest BCUT2D eigenvalue weighted by atomic mass is 9.72. The van der Waals surface area contributed by atoms with Crippen molar-refractivity contribution in [3.8, 4) is 0 Å². The van der Waals surface area contributed by atoms with Crippen LogP contribution in [0.1, 0.15) is 227 Å². The molecule has 0 amide bonds. The Labute approximate surface area is 367 Å². The molecule has 0 radical (unpaired) electrons. The number of hydrogen-bond acceptors (Lipinski definition) is 4. The standard InChI is InChI=1S/C11H23N.C10H20O.C10H20.C8H17N.C8H16.C7H14O/c1-11(2,3)7-10-12-8-5-4-6-9-12;1-10(2,3)7-8-11-9-5-4-6-9;1-10(2,3)9-7-5-4-6-8-9;1-8(2,3)7-5-9(4)6-7;1-8(2,3)6-7-4-5-7;1-7(2,3)6-4-8-5-6/h4-10H2,1-3H3;9H,4-8H2,1-3H3;9H,4-8H2,1-3H3;7H,5-6H2,1-4H3;7H,4-6H2,1-3H3;6H,4-5H2,1-3H3. The molecule has 0 aromatic heterocycles. The monoisotopic (exact) mass is 819 g/mol. The van der Waals surface area contributed by atoms with Crippen molar-refractivity contribution in [2.24, 2.45) is 56.2 Å². The minimum absolute atomic E-state index is 0.434. The van der Waals surface area contributed by atoms with Crippen molar-refractivity contribution >= 4 is 0 Å². The number of ether oxygens (including phenoxy) is 2. The van der Waals surface area contributed by atoms with E-state index in [1.54, 1.807) is 0 Å². The SMILES string of the molecule is CC(C)(C)C1CCCCC1.CC(C)(C)C1COC1.CC(C)(C)CC1CC1.CC(C)(C)CCN1CCCCC1.CC(C)(C)CCOC1CCC1.CN1CC(C(C)(C)C)C1. The normalized spacial score (nSPS) is 22.0. The van der Waals surface area contributed by atoms with Crippen LogP contribution in [0.5, 0.6) is 0 Å². The predicted octanol–water partition coefficient (Wildman–Crippen LogP) is 15.6. The zero-order chi connectivity index (χ0) is 44.4. The molecule has 3 saturated heterocycles. The summed E-state index contributed by atoms with van der Waals surface area (Å²) in [6.45, 7) is 51.1. The molecule has 6 rings (SSSR count). The van der Waals surface area contributed by atoms with Gasteiger partial charge in [0.25, 0.3) is 0 Å². The van der Waals surface area contributed by atoms with Gasteiger partial charge in [0.05, 0.1) is 19.3 Å². The summed E-state index contributed by atoms with van der Waals surface area (Å²) >= 11 is 0. The number of piperidine rings is 1. The molecule has 0 spiro atoms. The Balaban J connectivity index is 0.000000350. The summed E-state index contributed by atoms with van der Waals surface area (Å²) in [5.74, 6) is 3.83. The summed E-state index contributed by atoms with van der Waals surface area (Å²) in [7, 11) is 2.18. The predicted molar refractivity (Wildman–Crippen MR) is 259 cm³/mol. The third kappa shape index (κ3) is 30.0. The summed E-state index contributed by atoms with van der Waals surface area (Å²) in [5, 5.41) is 0. The maximum absolute atomic E-state index is 5.65. The highest BCUT2D eigenvalue weighted by molar-refractivity contribution is 4.86. The molecule has 0 atom stereocenters. The van der Waals surface area contributed by atoms with E-state index < -0.39 is 0 Å². The van der Waals surface area contributed by atoms with E-state index in [0.717, 1.165) is 43.5 Å². The molecule has 6 aliphatic rings. The van der Waals surface area contributed by atoms with Gasteiger partial charge in [0.15, 0.2) is 0 Å². The van der Waals surface area contributed by atoms with Crippen LogP contribution in [0.4, 0.5) is 0 Å². The van der Waals surface area contributed by atoms with E-state index in [1.807, 2.05) is 0 Å². The van der Waals surface area contributed by atoms with Gasteiger partial charge in [-0.1, -0.05) is 163 Å². The van der Waals surface area contributed by atoms with E-state index in [0.29, 0.717) is 38.6 Å². The molecule has 348 valence electrons. The first-order valence-corrected chi connectivity index (χ1v) is 25.0. The zero-order valence-corrected chi connectivity index (χ0v) is 43.6. The van der Waals surface area contributed by atoms with Crippen LogP contribution >= 0.6 is 0 Å². The van der Waals surface area contributed by atoms with Gasteiger partial charge in [0.2, 0.25) is 0 Å². The minimum atomic E-state index is 0.434. The molecule has 0 aromatic rings. The molecule has 6 fully saturated rings. The Hall–Kier alpha value is -0.160. The van der Waals surface area contributed by atoms with Crippen molar-refractivity contribution in [1.29, 1.82) is 0 Å². The Morgan fingerprint density at radius 3 is 1.21 bits per heavy atom. The Bertz CT molecular complexity index is 996. The van der Waals surface area contributed by atoms with Crippen molar-refractivity contribution in [3.05, 3.63) is 0 Å². The number of hydrogen-bond donors (Lipinski definition) is 0. The molecule has 3 saturated carbocycles. The van der Waals surface area contributed by atoms with E-state index in [1.165, 1.54) is 135 Å². The lowest BCUT2D eigenvalue weighted by Gasteiger charge is -2.44. The van der Waals surface area contributed by atoms with Gasteiger partial charge in [-0.2, -0.15) is 0 Å². The second-order valence-electron chi connectivity index (χ2n) is 26.7. The molecule has 4 nitrogen and oxygen atoms in total. The van der Waals surface area contributed by atoms with Crippen LogP contribution < -0.4 is 0 Å². The Morgan fingerprint density at radius 1 is 0.483 bits per heavy atom. The molecular formula is C54H110N2O2. The van der Waals surface area contributed by atoms with Crippen LogP contribution in [-0.4, -0.2) is 75.5 Å². The highest BCUT2D eigenvalue weighted by atomic mass is 16.5. The smallest absolute Gasteiger partial charge is 0.0575 e. The highest BCUT2D eigenvalue weighted by Crippen LogP contribution is 2.40. The second-order valence-corrected chi connectivity index (χ2v) is 26.7. The van der Waals surface area contributed by atoms with Crippen molar-refractivity contribution < 1.29 is 9.47 Å². The van der Waals surface area contributed by atoms with Gasteiger partial charge in [-0.25, -0.2) is 0 Å². The molecule has 3 aliphatic heterocycles. The summed E-state index contributed by atoms with van der Waals surface area (Å²) < 4.78 is 10.7. The largest absolute Gasteiger partial charge is 0.381 e. The van der Waals surface area contributed by atoms with Gasteiger partial charge in [0.1, 0.15) is 0 Å². The lowest BCUT2D eigenvalue weighted by Crippen LogP contribution is -2.49. The van der Waals surface area contributed by atoms with E-state index >= 15 is 0 Å². The maximum atomic E-state index is 5.65. The van der Waals surface area contributed by atoms with Gasteiger partial charge >= 0.3 is 0 Å². The van der Waals surface area contributed by atoms with Crippen molar-refractivity contribution in [2.45, 2.75) is 233 Å². The van der Waals surface area contributed by atoms with Crippen LogP contribution in [0.2, 0.25) is 0 Å². The summed E-state index contributed by atoms with van der Waals surface area (Å²) in [4.78, 5) is 4.99. The molecule has 4 heteroatoms. The summed E-state index contributed by atoms with van der Waals surface area (Å²) in [5.41, 5.74) is 3.10. The van der Waals surface area contributed by atoms with Crippen molar-refractivity contribution in [3.63, 3.8) is 0 Å². The number of rotatable bonds is 6. The van der Waals surface area contributed by atoms with Gasteiger partial charge in [-0.05, 0) is 141 Å². The lowest BCUT2D eigenvalue weighted by molar-refractivity contribution is -0.0821. The first-order valence-electron chi connectivity index (χ1n) is 25.0. The van der Waals surface area contributed by atoms with Gasteiger partial charge < -0.3 is 19.3 Å². The fourth-order valence-corrected chi connectivity index (χ4v) is 7.88. The third-order valence-electron chi connectivity index (χ3n) is 13.5. The topological polar surface area (TPSA) is 24.9 Å². The minimum Gasteiger partial charge on any atom is -0.381 e. The van der Waals surface area contributed by atoms with Gasteiger partial charge in [0, 0.05) is 25.6 Å². The summed E-state index contributed by atoms with van der Waals surface area (Å²) in [6, 6.07) is 0. The second kappa shape index (κ2) is 25.8. The average Bonchev–Trinajstić information content (AvgIpc) is 3.82. The molecular weight excluding hydrogens is 709 g/mol. The molecule has 0 aromatic carbocycles. The fourth-order valence-electron chi connectivity index (χ4n) is 7.88. The Kier molecular flexibility index (Phi) is 24.9. The van der Waals surface area contributed by atoms with E-state index in [-0.39, 0.29) is 0 Å². The molecule has 0 bridgehead atoms. The van der Waals surface area contributed by atoms with Crippen LogP contribution in [0, 0.1) is 56.2 Å². The quantitative estimate of drug-likeness (QED) is 0.267. The van der Waals surface area contributed by atoms with Crippen LogP contribution in [0.3, 0.4) is 0 Å². The molecule has 0 N–H and O–H groups in total. The summed E-state index contributed by atoms with van der Waals surface area (Å²) in [6.07, 6.45) is 23.2. The average molecular weight is 819 g/mol. The maximum Gasteiger partial charge on any atom is 0.0575 e. The van der Waals surface area contributed by atoms with Crippen LogP contribution in [-0.2, 0) is 9.47 Å². The van der Waals surface area contributed by atoms with Crippen LogP contribution in [0.25, 0.3) is 0 Å². The first kappa shape index (κ1) is 55.9. The molecule has 3 heterocycles. The van der Waals surface area contributed by atoms with E-state index in [4.69, 9.17) is 9.47 Å². The van der Waals surface area contributed by atoms with Gasteiger partial charge in [-0.15, -0.1) is 0 Å². The number of nitrogens with zero attached hydrogens (tertiary/aromatic N) is 2. The van der Waals surface area contributed by atoms with E-state index in [2.05, 4.69) is 141 Å². The third-order valence-corrected chi connectivity index (χ3v) is 13.5. The fraction of sp³-hybridized carbons (Fsp3) is 1.00.